The van der Waals surface area contributed by atoms with Gasteiger partial charge in [0.2, 0.25) is 0 Å². The quantitative estimate of drug-likeness (QED) is 0.394. The Morgan fingerprint density at radius 1 is 1.14 bits per heavy atom. The van der Waals surface area contributed by atoms with Crippen LogP contribution in [-0.4, -0.2) is 22.7 Å². The molecule has 1 aromatic heterocycles. The minimum absolute atomic E-state index is 0.137. The maximum atomic E-state index is 6.28. The summed E-state index contributed by atoms with van der Waals surface area (Å²) in [7, 11) is 1.69. The second kappa shape index (κ2) is 8.01. The fourth-order valence-corrected chi connectivity index (χ4v) is 5.41. The first-order chi connectivity index (χ1) is 13.6. The Balaban J connectivity index is 1.68. The van der Waals surface area contributed by atoms with Crippen molar-refractivity contribution < 1.29 is 4.74 Å². The molecular formula is C23H24IN3O. The number of methoxy groups -OCH3 is 1. The number of nitrogens with two attached hydrogens (primary N) is 1. The summed E-state index contributed by atoms with van der Waals surface area (Å²) in [5.74, 6) is 1.88. The Morgan fingerprint density at radius 3 is 2.71 bits per heavy atom. The molecule has 2 heterocycles. The van der Waals surface area contributed by atoms with Gasteiger partial charge in [-0.25, -0.2) is 4.98 Å². The summed E-state index contributed by atoms with van der Waals surface area (Å²) in [4.78, 5) is 4.46. The number of ether oxygens (including phenoxy) is 1. The SMILES string of the molecule is COc1ccc(CC(C)(CN)c2cccc(-c3ccnc4c3C=IN4)c2)cc1. The molecule has 3 aromatic rings. The van der Waals surface area contributed by atoms with Crippen molar-refractivity contribution in [3.8, 4) is 16.9 Å². The average molecular weight is 485 g/mol. The fourth-order valence-electron chi connectivity index (χ4n) is 3.59. The topological polar surface area (TPSA) is 60.2 Å². The van der Waals surface area contributed by atoms with E-state index in [0.29, 0.717) is 6.54 Å². The molecule has 0 bridgehead atoms. The van der Waals surface area contributed by atoms with Gasteiger partial charge in [-0.3, -0.25) is 0 Å². The largest absolute Gasteiger partial charge is 0.497 e. The molecule has 0 spiro atoms. The molecule has 1 unspecified atom stereocenters. The lowest BCUT2D eigenvalue weighted by Crippen LogP contribution is -2.34. The summed E-state index contributed by atoms with van der Waals surface area (Å²) in [6.45, 7) is 2.82. The van der Waals surface area contributed by atoms with Gasteiger partial charge in [0, 0.05) is 23.7 Å². The van der Waals surface area contributed by atoms with Crippen LogP contribution in [0.3, 0.4) is 0 Å². The lowest BCUT2D eigenvalue weighted by Gasteiger charge is -2.29. The summed E-state index contributed by atoms with van der Waals surface area (Å²) in [6.07, 6.45) is 2.76. The van der Waals surface area contributed by atoms with Crippen molar-refractivity contribution in [3.05, 3.63) is 77.5 Å². The molecule has 1 aliphatic heterocycles. The minimum atomic E-state index is -0.143. The third kappa shape index (κ3) is 3.69. The fraction of sp³-hybridized carbons (Fsp3) is 0.217. The van der Waals surface area contributed by atoms with E-state index in [1.165, 1.54) is 27.8 Å². The van der Waals surface area contributed by atoms with Crippen LogP contribution in [0.15, 0.2) is 60.8 Å². The number of aromatic nitrogens is 1. The molecule has 2 aromatic carbocycles. The van der Waals surface area contributed by atoms with Crippen molar-refractivity contribution in [1.29, 1.82) is 0 Å². The van der Waals surface area contributed by atoms with E-state index in [1.54, 1.807) is 7.11 Å². The summed E-state index contributed by atoms with van der Waals surface area (Å²) in [5.41, 5.74) is 12.3. The Kier molecular flexibility index (Phi) is 5.46. The predicted molar refractivity (Wildman–Crippen MR) is 126 cm³/mol. The van der Waals surface area contributed by atoms with Gasteiger partial charge in [0.15, 0.2) is 0 Å². The number of fused-ring (bicyclic) bond motifs is 1. The van der Waals surface area contributed by atoms with E-state index in [9.17, 15) is 0 Å². The van der Waals surface area contributed by atoms with Gasteiger partial charge in [0.05, 0.1) is 7.11 Å². The van der Waals surface area contributed by atoms with Gasteiger partial charge in [-0.15, -0.1) is 0 Å². The van der Waals surface area contributed by atoms with Gasteiger partial charge in [-0.05, 0) is 71.9 Å². The monoisotopic (exact) mass is 485 g/mol. The lowest BCUT2D eigenvalue weighted by atomic mass is 9.76. The van der Waals surface area contributed by atoms with Gasteiger partial charge in [0.25, 0.3) is 0 Å². The zero-order valence-corrected chi connectivity index (χ0v) is 18.2. The number of nitrogens with zero attached hydrogens (tertiary/aromatic N) is 1. The molecule has 1 aliphatic rings. The number of benzene rings is 2. The van der Waals surface area contributed by atoms with Crippen molar-refractivity contribution >= 4 is 30.8 Å². The van der Waals surface area contributed by atoms with E-state index in [1.807, 2.05) is 18.3 Å². The first-order valence-electron chi connectivity index (χ1n) is 9.27. The van der Waals surface area contributed by atoms with Crippen LogP contribution in [0.25, 0.3) is 11.1 Å². The van der Waals surface area contributed by atoms with E-state index in [2.05, 4.69) is 61.9 Å². The zero-order chi connectivity index (χ0) is 19.6. The Bertz CT molecular complexity index is 1020. The van der Waals surface area contributed by atoms with E-state index in [-0.39, 0.29) is 26.4 Å². The Labute approximate surface area is 176 Å². The second-order valence-corrected chi connectivity index (χ2v) is 9.09. The number of hydrogen-bond acceptors (Lipinski definition) is 4. The van der Waals surface area contributed by atoms with Gasteiger partial charge in [-0.2, -0.15) is 0 Å². The number of halogens is 1. The molecule has 0 fully saturated rings. The molecule has 5 heteroatoms. The zero-order valence-electron chi connectivity index (χ0n) is 16.1. The molecule has 28 heavy (non-hydrogen) atoms. The molecule has 0 radical (unpaired) electrons. The molecule has 1 atom stereocenters. The first-order valence-corrected chi connectivity index (χ1v) is 11.6. The highest BCUT2D eigenvalue weighted by Crippen LogP contribution is 2.35. The molecular weight excluding hydrogens is 461 g/mol. The van der Waals surface area contributed by atoms with Gasteiger partial charge in [-0.1, -0.05) is 43.3 Å². The third-order valence-electron chi connectivity index (χ3n) is 5.37. The number of nitrogens with one attached hydrogen (secondary N) is 1. The first kappa shape index (κ1) is 19.1. The lowest BCUT2D eigenvalue weighted by molar-refractivity contribution is 0.414. The molecule has 3 N–H and O–H groups in total. The highest BCUT2D eigenvalue weighted by atomic mass is 127. The van der Waals surface area contributed by atoms with Crippen LogP contribution in [0.2, 0.25) is 0 Å². The van der Waals surface area contributed by atoms with Gasteiger partial charge >= 0.3 is 0 Å². The van der Waals surface area contributed by atoms with E-state index >= 15 is 0 Å². The molecule has 4 rings (SSSR count). The van der Waals surface area contributed by atoms with Crippen LogP contribution < -0.4 is 14.0 Å². The van der Waals surface area contributed by atoms with Gasteiger partial charge in [0.1, 0.15) is 11.6 Å². The van der Waals surface area contributed by atoms with Crippen molar-refractivity contribution in [1.82, 2.24) is 4.98 Å². The highest BCUT2D eigenvalue weighted by Gasteiger charge is 2.26. The summed E-state index contributed by atoms with van der Waals surface area (Å²) < 4.78 is 11.0. The van der Waals surface area contributed by atoms with Crippen molar-refractivity contribution in [2.75, 3.05) is 17.2 Å². The smallest absolute Gasteiger partial charge is 0.142 e. The molecule has 0 amide bonds. The maximum Gasteiger partial charge on any atom is 0.142 e. The van der Waals surface area contributed by atoms with Crippen LogP contribution >= 0.6 is 21.0 Å². The summed E-state index contributed by atoms with van der Waals surface area (Å²) in [6, 6.07) is 19.2. The maximum absolute atomic E-state index is 6.28. The van der Waals surface area contributed by atoms with Crippen LogP contribution in [0, 0.1) is 0 Å². The predicted octanol–water partition coefficient (Wildman–Crippen LogP) is 4.68. The van der Waals surface area contributed by atoms with Crippen LogP contribution in [0.5, 0.6) is 5.75 Å². The summed E-state index contributed by atoms with van der Waals surface area (Å²) >= 11 is -0.137. The van der Waals surface area contributed by atoms with Crippen molar-refractivity contribution in [2.24, 2.45) is 5.73 Å². The van der Waals surface area contributed by atoms with E-state index in [0.717, 1.165) is 18.0 Å². The average Bonchev–Trinajstić information content (AvgIpc) is 3.23. The van der Waals surface area contributed by atoms with E-state index in [4.69, 9.17) is 10.5 Å². The number of hydrogen-bond donors (Lipinski definition) is 2. The molecule has 4 nitrogen and oxygen atoms in total. The van der Waals surface area contributed by atoms with Crippen LogP contribution in [-0.2, 0) is 11.8 Å². The Hall–Kier alpha value is -2.25. The molecule has 0 aliphatic carbocycles. The molecule has 0 saturated heterocycles. The van der Waals surface area contributed by atoms with Crippen LogP contribution in [0.4, 0.5) is 5.82 Å². The molecule has 0 saturated carbocycles. The van der Waals surface area contributed by atoms with Crippen molar-refractivity contribution in [2.45, 2.75) is 18.8 Å². The van der Waals surface area contributed by atoms with Crippen molar-refractivity contribution in [3.63, 3.8) is 0 Å². The number of anilines is 1. The summed E-state index contributed by atoms with van der Waals surface area (Å²) in [5, 5.41) is 0. The van der Waals surface area contributed by atoms with E-state index < -0.39 is 0 Å². The number of pyridine rings is 1. The highest BCUT2D eigenvalue weighted by molar-refractivity contribution is 14.2. The standard InChI is InChI=1S/C23H24IN3O/c1-23(15-25,13-16-6-8-19(28-2)9-7-16)18-5-3-4-17(12-18)20-10-11-26-22-21(20)14-24-27-22/h3-12,14H,13,15,25H2,1-2H3,(H,26,27). The van der Waals surface area contributed by atoms with Gasteiger partial charge < -0.3 is 14.0 Å². The Morgan fingerprint density at radius 2 is 1.96 bits per heavy atom. The third-order valence-corrected chi connectivity index (χ3v) is 7.13. The second-order valence-electron chi connectivity index (χ2n) is 7.30. The normalized spacial score (nSPS) is 14.5. The molecule has 144 valence electrons. The minimum Gasteiger partial charge on any atom is -0.497 e. The van der Waals surface area contributed by atoms with Crippen LogP contribution in [0.1, 0.15) is 23.6 Å². The number of rotatable bonds is 6.